The van der Waals surface area contributed by atoms with Crippen LogP contribution in [0.25, 0.3) is 5.76 Å². The summed E-state index contributed by atoms with van der Waals surface area (Å²) in [6.45, 7) is 1.91. The number of sulfone groups is 1. The standard InChI is InChI=1S/C16H16O3S/c1-13-8-10-15(11-9-13)20(17,18)12-16(19-2)14-6-4-3-5-7-14/h3-12H,1-2H3/b16-12-. The van der Waals surface area contributed by atoms with Gasteiger partial charge in [0.1, 0.15) is 5.76 Å². The van der Waals surface area contributed by atoms with Crippen molar-refractivity contribution >= 4 is 15.6 Å². The molecule has 3 nitrogen and oxygen atoms in total. The van der Waals surface area contributed by atoms with Gasteiger partial charge in [-0.2, -0.15) is 0 Å². The molecule has 0 aliphatic carbocycles. The highest BCUT2D eigenvalue weighted by atomic mass is 32.2. The van der Waals surface area contributed by atoms with Crippen LogP contribution in [0.15, 0.2) is 64.9 Å². The molecule has 4 heteroatoms. The van der Waals surface area contributed by atoms with Crippen LogP contribution in [0.2, 0.25) is 0 Å². The third kappa shape index (κ3) is 3.27. The predicted octanol–water partition coefficient (Wildman–Crippen LogP) is 3.41. The van der Waals surface area contributed by atoms with E-state index in [4.69, 9.17) is 4.74 Å². The maximum atomic E-state index is 12.3. The van der Waals surface area contributed by atoms with Crippen LogP contribution in [0.3, 0.4) is 0 Å². The monoisotopic (exact) mass is 288 g/mol. The molecule has 0 aromatic heterocycles. The molecule has 0 fully saturated rings. The average molecular weight is 288 g/mol. The molecule has 0 unspecified atom stereocenters. The quantitative estimate of drug-likeness (QED) is 0.810. The van der Waals surface area contributed by atoms with E-state index < -0.39 is 9.84 Å². The Morgan fingerprint density at radius 1 is 1.00 bits per heavy atom. The van der Waals surface area contributed by atoms with E-state index in [-0.39, 0.29) is 4.90 Å². The van der Waals surface area contributed by atoms with Crippen molar-refractivity contribution < 1.29 is 13.2 Å². The average Bonchev–Trinajstić information content (AvgIpc) is 2.46. The van der Waals surface area contributed by atoms with Crippen molar-refractivity contribution in [1.82, 2.24) is 0 Å². The molecular formula is C16H16O3S. The maximum Gasteiger partial charge on any atom is 0.203 e. The molecule has 2 aromatic rings. The Hall–Kier alpha value is -2.07. The summed E-state index contributed by atoms with van der Waals surface area (Å²) in [5.74, 6) is 0.325. The van der Waals surface area contributed by atoms with Crippen LogP contribution in [0.1, 0.15) is 11.1 Å². The number of benzene rings is 2. The van der Waals surface area contributed by atoms with Gasteiger partial charge in [0.05, 0.1) is 17.4 Å². The van der Waals surface area contributed by atoms with Crippen LogP contribution in [0.5, 0.6) is 0 Å². The minimum absolute atomic E-state index is 0.258. The Morgan fingerprint density at radius 3 is 2.15 bits per heavy atom. The van der Waals surface area contributed by atoms with Crippen LogP contribution < -0.4 is 0 Å². The largest absolute Gasteiger partial charge is 0.495 e. The normalized spacial score (nSPS) is 12.2. The minimum Gasteiger partial charge on any atom is -0.495 e. The predicted molar refractivity (Wildman–Crippen MR) is 79.8 cm³/mol. The van der Waals surface area contributed by atoms with Gasteiger partial charge in [0.25, 0.3) is 0 Å². The Labute approximate surface area is 119 Å². The van der Waals surface area contributed by atoms with E-state index in [1.165, 1.54) is 7.11 Å². The SMILES string of the molecule is CO/C(=C\S(=O)(=O)c1ccc(C)cc1)c1ccccc1. The lowest BCUT2D eigenvalue weighted by Crippen LogP contribution is -1.99. The Kier molecular flexibility index (Phi) is 4.25. The molecule has 0 amide bonds. The van der Waals surface area contributed by atoms with Gasteiger partial charge in [0.2, 0.25) is 9.84 Å². The molecule has 0 atom stereocenters. The summed E-state index contributed by atoms with van der Waals surface area (Å²) >= 11 is 0. The van der Waals surface area contributed by atoms with Gasteiger partial charge in [0.15, 0.2) is 0 Å². The second-order valence-electron chi connectivity index (χ2n) is 4.41. The van der Waals surface area contributed by atoms with E-state index in [0.29, 0.717) is 5.76 Å². The number of ether oxygens (including phenoxy) is 1. The molecule has 0 saturated heterocycles. The van der Waals surface area contributed by atoms with Gasteiger partial charge in [-0.25, -0.2) is 8.42 Å². The highest BCUT2D eigenvalue weighted by Gasteiger charge is 2.14. The van der Waals surface area contributed by atoms with Crippen molar-refractivity contribution in [3.63, 3.8) is 0 Å². The van der Waals surface area contributed by atoms with E-state index in [1.54, 1.807) is 36.4 Å². The molecule has 0 spiro atoms. The molecule has 0 N–H and O–H groups in total. The van der Waals surface area contributed by atoms with E-state index >= 15 is 0 Å². The zero-order chi connectivity index (χ0) is 14.6. The number of methoxy groups -OCH3 is 1. The lowest BCUT2D eigenvalue weighted by Gasteiger charge is -2.07. The summed E-state index contributed by atoms with van der Waals surface area (Å²) in [7, 11) is -2.06. The third-order valence-electron chi connectivity index (χ3n) is 2.89. The topological polar surface area (TPSA) is 43.4 Å². The fourth-order valence-corrected chi connectivity index (χ4v) is 2.94. The van der Waals surface area contributed by atoms with Crippen LogP contribution in [0.4, 0.5) is 0 Å². The van der Waals surface area contributed by atoms with Gasteiger partial charge < -0.3 is 4.74 Å². The van der Waals surface area contributed by atoms with E-state index in [0.717, 1.165) is 16.5 Å². The zero-order valence-electron chi connectivity index (χ0n) is 11.4. The van der Waals surface area contributed by atoms with Gasteiger partial charge in [-0.3, -0.25) is 0 Å². The lowest BCUT2D eigenvalue weighted by atomic mass is 10.2. The maximum absolute atomic E-state index is 12.3. The summed E-state index contributed by atoms with van der Waals surface area (Å²) in [5, 5.41) is 1.16. The van der Waals surface area contributed by atoms with Crippen molar-refractivity contribution in [2.75, 3.05) is 7.11 Å². The first-order valence-corrected chi connectivity index (χ1v) is 7.70. The van der Waals surface area contributed by atoms with Gasteiger partial charge in [0, 0.05) is 5.56 Å². The summed E-state index contributed by atoms with van der Waals surface area (Å²) in [4.78, 5) is 0.258. The summed E-state index contributed by atoms with van der Waals surface area (Å²) in [6, 6.07) is 15.9. The minimum atomic E-state index is -3.52. The Balaban J connectivity index is 2.43. The van der Waals surface area contributed by atoms with Crippen molar-refractivity contribution in [3.05, 3.63) is 71.1 Å². The highest BCUT2D eigenvalue weighted by molar-refractivity contribution is 7.94. The van der Waals surface area contributed by atoms with Crippen LogP contribution in [-0.4, -0.2) is 15.5 Å². The molecule has 0 radical (unpaired) electrons. The van der Waals surface area contributed by atoms with E-state index in [9.17, 15) is 8.42 Å². The Bertz CT molecular complexity index is 699. The molecule has 2 aromatic carbocycles. The first-order valence-electron chi connectivity index (χ1n) is 6.16. The second kappa shape index (κ2) is 5.92. The van der Waals surface area contributed by atoms with Crippen molar-refractivity contribution in [2.45, 2.75) is 11.8 Å². The summed E-state index contributed by atoms with van der Waals surface area (Å²) in [5.41, 5.74) is 1.74. The fraction of sp³-hybridized carbons (Fsp3) is 0.125. The van der Waals surface area contributed by atoms with Crippen molar-refractivity contribution in [2.24, 2.45) is 0 Å². The highest BCUT2D eigenvalue weighted by Crippen LogP contribution is 2.20. The van der Waals surface area contributed by atoms with Crippen molar-refractivity contribution in [1.29, 1.82) is 0 Å². The zero-order valence-corrected chi connectivity index (χ0v) is 12.2. The third-order valence-corrected chi connectivity index (χ3v) is 4.34. The molecule has 2 rings (SSSR count). The molecule has 104 valence electrons. The van der Waals surface area contributed by atoms with Gasteiger partial charge in [-0.15, -0.1) is 0 Å². The van der Waals surface area contributed by atoms with E-state index in [2.05, 4.69) is 0 Å². The van der Waals surface area contributed by atoms with Crippen molar-refractivity contribution in [3.8, 4) is 0 Å². The summed E-state index contributed by atoms with van der Waals surface area (Å²) in [6.07, 6.45) is 0. The smallest absolute Gasteiger partial charge is 0.203 e. The molecule has 0 heterocycles. The van der Waals surface area contributed by atoms with Gasteiger partial charge in [-0.05, 0) is 19.1 Å². The molecule has 0 aliphatic rings. The number of hydrogen-bond acceptors (Lipinski definition) is 3. The number of hydrogen-bond donors (Lipinski definition) is 0. The molecule has 20 heavy (non-hydrogen) atoms. The Morgan fingerprint density at radius 2 is 1.60 bits per heavy atom. The van der Waals surface area contributed by atoms with Crippen LogP contribution in [0, 0.1) is 6.92 Å². The fourth-order valence-electron chi connectivity index (χ4n) is 1.77. The summed E-state index contributed by atoms with van der Waals surface area (Å²) < 4.78 is 29.9. The molecule has 0 aliphatic heterocycles. The van der Waals surface area contributed by atoms with Gasteiger partial charge >= 0.3 is 0 Å². The number of aryl methyl sites for hydroxylation is 1. The number of rotatable bonds is 4. The molecule has 0 saturated carbocycles. The first kappa shape index (κ1) is 14.3. The molecule has 0 bridgehead atoms. The lowest BCUT2D eigenvalue weighted by molar-refractivity contribution is 0.370. The van der Waals surface area contributed by atoms with Crippen LogP contribution in [-0.2, 0) is 14.6 Å². The first-order chi connectivity index (χ1) is 9.53. The second-order valence-corrected chi connectivity index (χ2v) is 6.21. The molecular weight excluding hydrogens is 272 g/mol. The van der Waals surface area contributed by atoms with Crippen LogP contribution >= 0.6 is 0 Å². The van der Waals surface area contributed by atoms with Gasteiger partial charge in [-0.1, -0.05) is 48.0 Å². The van der Waals surface area contributed by atoms with E-state index in [1.807, 2.05) is 25.1 Å².